The second kappa shape index (κ2) is 4.22. The topological polar surface area (TPSA) is 35.2 Å². The average Bonchev–Trinajstić information content (AvgIpc) is 2.95. The van der Waals surface area contributed by atoms with Crippen LogP contribution in [0.15, 0.2) is 24.3 Å². The number of halogens is 3. The lowest BCUT2D eigenvalue weighted by atomic mass is 10.1. The molecular weight excluding hydrogens is 231 g/mol. The highest BCUT2D eigenvalue weighted by Crippen LogP contribution is 2.52. The third-order valence-electron chi connectivity index (χ3n) is 3.06. The zero-order valence-electron chi connectivity index (χ0n) is 9.37. The van der Waals surface area contributed by atoms with Gasteiger partial charge in [-0.3, -0.25) is 0 Å². The van der Waals surface area contributed by atoms with Crippen LogP contribution in [0, 0.1) is 5.92 Å². The van der Waals surface area contributed by atoms with E-state index in [0.717, 1.165) is 6.42 Å². The van der Waals surface area contributed by atoms with E-state index in [1.165, 1.54) is 12.1 Å². The molecule has 94 valence electrons. The highest BCUT2D eigenvalue weighted by atomic mass is 19.4. The van der Waals surface area contributed by atoms with Crippen molar-refractivity contribution in [3.05, 3.63) is 29.8 Å². The quantitative estimate of drug-likeness (QED) is 0.888. The van der Waals surface area contributed by atoms with E-state index in [0.29, 0.717) is 5.56 Å². The van der Waals surface area contributed by atoms with Gasteiger partial charge in [0.25, 0.3) is 0 Å². The summed E-state index contributed by atoms with van der Waals surface area (Å²) in [6.45, 7) is 1.87. The van der Waals surface area contributed by atoms with Gasteiger partial charge in [0.05, 0.1) is 0 Å². The number of hydrogen-bond donors (Lipinski definition) is 1. The van der Waals surface area contributed by atoms with Crippen molar-refractivity contribution >= 4 is 0 Å². The monoisotopic (exact) mass is 245 g/mol. The van der Waals surface area contributed by atoms with Crippen LogP contribution in [-0.2, 0) is 0 Å². The minimum atomic E-state index is -4.64. The van der Waals surface area contributed by atoms with Crippen LogP contribution in [0.2, 0.25) is 0 Å². The lowest BCUT2D eigenvalue weighted by Gasteiger charge is -2.13. The molecule has 0 amide bonds. The molecule has 5 heteroatoms. The summed E-state index contributed by atoms with van der Waals surface area (Å²) in [5, 5.41) is 0. The third-order valence-corrected chi connectivity index (χ3v) is 3.06. The van der Waals surface area contributed by atoms with Crippen molar-refractivity contribution < 1.29 is 17.9 Å². The van der Waals surface area contributed by atoms with Crippen molar-refractivity contribution in [1.29, 1.82) is 0 Å². The van der Waals surface area contributed by atoms with Crippen LogP contribution in [0.5, 0.6) is 5.75 Å². The van der Waals surface area contributed by atoms with Gasteiger partial charge >= 0.3 is 6.36 Å². The first-order valence-corrected chi connectivity index (χ1v) is 5.49. The number of ether oxygens (including phenoxy) is 1. The lowest BCUT2D eigenvalue weighted by molar-refractivity contribution is -0.274. The van der Waals surface area contributed by atoms with E-state index < -0.39 is 6.36 Å². The molecule has 0 radical (unpaired) electrons. The first kappa shape index (κ1) is 12.2. The Morgan fingerprint density at radius 1 is 1.35 bits per heavy atom. The molecule has 0 aromatic heterocycles. The van der Waals surface area contributed by atoms with Crippen molar-refractivity contribution in [2.24, 2.45) is 11.7 Å². The normalized spacial score (nSPS) is 25.5. The predicted octanol–water partition coefficient (Wildman–Crippen LogP) is 3.04. The Labute approximate surface area is 97.6 Å². The molecule has 2 nitrogen and oxygen atoms in total. The van der Waals surface area contributed by atoms with Crippen molar-refractivity contribution in [2.45, 2.75) is 31.7 Å². The van der Waals surface area contributed by atoms with Crippen LogP contribution in [0.3, 0.4) is 0 Å². The number of benzene rings is 1. The molecular formula is C12H14F3NO. The fourth-order valence-corrected chi connectivity index (χ4v) is 2.16. The average molecular weight is 245 g/mol. The molecule has 1 aliphatic carbocycles. The Hall–Kier alpha value is -1.23. The Morgan fingerprint density at radius 3 is 2.53 bits per heavy atom. The molecule has 17 heavy (non-hydrogen) atoms. The molecule has 0 bridgehead atoms. The summed E-state index contributed by atoms with van der Waals surface area (Å²) in [5.41, 5.74) is 6.34. The Bertz CT molecular complexity index is 403. The fourth-order valence-electron chi connectivity index (χ4n) is 2.16. The van der Waals surface area contributed by atoms with E-state index in [1.807, 2.05) is 6.92 Å². The summed E-state index contributed by atoms with van der Waals surface area (Å²) in [6.07, 6.45) is -3.81. The molecule has 0 aliphatic heterocycles. The smallest absolute Gasteiger partial charge is 0.405 e. The largest absolute Gasteiger partial charge is 0.573 e. The molecule has 1 fully saturated rings. The molecule has 3 atom stereocenters. The van der Waals surface area contributed by atoms with Crippen molar-refractivity contribution in [1.82, 2.24) is 0 Å². The summed E-state index contributed by atoms with van der Waals surface area (Å²) in [4.78, 5) is 0. The number of alkyl halides is 3. The predicted molar refractivity (Wildman–Crippen MR) is 57.6 cm³/mol. The van der Waals surface area contributed by atoms with Gasteiger partial charge < -0.3 is 10.5 Å². The molecule has 1 aromatic carbocycles. The van der Waals surface area contributed by atoms with Gasteiger partial charge in [-0.2, -0.15) is 0 Å². The first-order valence-electron chi connectivity index (χ1n) is 5.49. The molecule has 1 saturated carbocycles. The Kier molecular flexibility index (Phi) is 3.03. The fraction of sp³-hybridized carbons (Fsp3) is 0.500. The zero-order valence-corrected chi connectivity index (χ0v) is 9.37. The highest BCUT2D eigenvalue weighted by Gasteiger charge is 2.43. The van der Waals surface area contributed by atoms with Gasteiger partial charge in [0.2, 0.25) is 0 Å². The van der Waals surface area contributed by atoms with Gasteiger partial charge in [-0.25, -0.2) is 0 Å². The maximum Gasteiger partial charge on any atom is 0.573 e. The summed E-state index contributed by atoms with van der Waals surface area (Å²) in [6, 6.07) is 6.27. The summed E-state index contributed by atoms with van der Waals surface area (Å²) in [7, 11) is 0. The van der Waals surface area contributed by atoms with Crippen LogP contribution in [0.25, 0.3) is 0 Å². The zero-order chi connectivity index (χ0) is 12.6. The standard InChI is InChI=1S/C12H14F3NO/c1-7(16)9-6-10(9)8-4-2-3-5-11(8)17-12(13,14)15/h2-5,7,9-10H,6,16H2,1H3/t7-,9+,10-/m0/s1. The number of rotatable bonds is 3. The maximum atomic E-state index is 12.2. The van der Waals surface area contributed by atoms with Gasteiger partial charge in [-0.1, -0.05) is 18.2 Å². The van der Waals surface area contributed by atoms with Gasteiger partial charge in [0, 0.05) is 6.04 Å². The molecule has 1 aliphatic rings. The van der Waals surface area contributed by atoms with E-state index in [4.69, 9.17) is 5.73 Å². The van der Waals surface area contributed by atoms with Gasteiger partial charge in [0.15, 0.2) is 0 Å². The van der Waals surface area contributed by atoms with Crippen LogP contribution >= 0.6 is 0 Å². The number of para-hydroxylation sites is 1. The van der Waals surface area contributed by atoms with Gasteiger partial charge in [-0.15, -0.1) is 13.2 Å². The number of hydrogen-bond acceptors (Lipinski definition) is 2. The highest BCUT2D eigenvalue weighted by molar-refractivity contribution is 5.40. The molecule has 0 heterocycles. The summed E-state index contributed by atoms with van der Waals surface area (Å²) in [5.74, 6) is 0.245. The van der Waals surface area contributed by atoms with Gasteiger partial charge in [-0.05, 0) is 36.8 Å². The Morgan fingerprint density at radius 2 is 2.00 bits per heavy atom. The second-order valence-corrected chi connectivity index (χ2v) is 4.45. The summed E-state index contributed by atoms with van der Waals surface area (Å²) < 4.78 is 40.7. The molecule has 0 unspecified atom stereocenters. The van der Waals surface area contributed by atoms with Crippen molar-refractivity contribution in [2.75, 3.05) is 0 Å². The Balaban J connectivity index is 2.18. The van der Waals surface area contributed by atoms with E-state index >= 15 is 0 Å². The van der Waals surface area contributed by atoms with Crippen molar-refractivity contribution in [3.63, 3.8) is 0 Å². The SMILES string of the molecule is C[C@H](N)[C@H]1C[C@H]1c1ccccc1OC(F)(F)F. The molecule has 1 aromatic rings. The minimum absolute atomic E-state index is 0.000979. The third kappa shape index (κ3) is 2.91. The van der Waals surface area contributed by atoms with E-state index in [-0.39, 0.29) is 23.6 Å². The van der Waals surface area contributed by atoms with Crippen LogP contribution in [0.4, 0.5) is 13.2 Å². The van der Waals surface area contributed by atoms with Crippen LogP contribution in [-0.4, -0.2) is 12.4 Å². The lowest BCUT2D eigenvalue weighted by Crippen LogP contribution is -2.19. The molecule has 0 spiro atoms. The van der Waals surface area contributed by atoms with Crippen LogP contribution < -0.4 is 10.5 Å². The summed E-state index contributed by atoms with van der Waals surface area (Å²) >= 11 is 0. The van der Waals surface area contributed by atoms with E-state index in [9.17, 15) is 13.2 Å². The van der Waals surface area contributed by atoms with Crippen molar-refractivity contribution in [3.8, 4) is 5.75 Å². The first-order chi connectivity index (χ1) is 7.88. The second-order valence-electron chi connectivity index (χ2n) is 4.45. The van der Waals surface area contributed by atoms with Gasteiger partial charge in [0.1, 0.15) is 5.75 Å². The molecule has 2 rings (SSSR count). The molecule has 0 saturated heterocycles. The van der Waals surface area contributed by atoms with E-state index in [1.54, 1.807) is 12.1 Å². The minimum Gasteiger partial charge on any atom is -0.405 e. The molecule has 2 N–H and O–H groups in total. The van der Waals surface area contributed by atoms with Crippen LogP contribution in [0.1, 0.15) is 24.8 Å². The maximum absolute atomic E-state index is 12.2. The van der Waals surface area contributed by atoms with E-state index in [2.05, 4.69) is 4.74 Å². The number of nitrogens with two attached hydrogens (primary N) is 1.